The standard InChI is InChI=1S/C12H10O4S2/c1-5(13)9(6(2)14)12-17-10-7(15)3-4-8(16)11(10)18-12/h3-4,15-16H,1-2H3. The maximum Gasteiger partial charge on any atom is 0.165 e. The molecule has 0 amide bonds. The number of aromatic hydroxyl groups is 2. The normalized spacial score (nSPS) is 13.3. The lowest BCUT2D eigenvalue weighted by molar-refractivity contribution is -0.119. The lowest BCUT2D eigenvalue weighted by Crippen LogP contribution is -2.07. The van der Waals surface area contributed by atoms with Crippen molar-refractivity contribution in [3.05, 3.63) is 21.9 Å². The first-order valence-electron chi connectivity index (χ1n) is 5.08. The number of ketones is 2. The average molecular weight is 282 g/mol. The second kappa shape index (κ2) is 4.70. The molecule has 0 bridgehead atoms. The summed E-state index contributed by atoms with van der Waals surface area (Å²) in [7, 11) is 0. The molecule has 2 rings (SSSR count). The summed E-state index contributed by atoms with van der Waals surface area (Å²) in [6, 6.07) is 2.76. The zero-order valence-electron chi connectivity index (χ0n) is 9.68. The molecule has 1 aliphatic rings. The van der Waals surface area contributed by atoms with Gasteiger partial charge in [0.15, 0.2) is 11.6 Å². The van der Waals surface area contributed by atoms with E-state index >= 15 is 0 Å². The smallest absolute Gasteiger partial charge is 0.165 e. The Kier molecular flexibility index (Phi) is 3.41. The highest BCUT2D eigenvalue weighted by atomic mass is 32.2. The Labute approximate surface area is 112 Å². The van der Waals surface area contributed by atoms with Gasteiger partial charge in [-0.25, -0.2) is 0 Å². The third-order valence-corrected chi connectivity index (χ3v) is 5.01. The van der Waals surface area contributed by atoms with Crippen molar-refractivity contribution in [3.8, 4) is 11.5 Å². The van der Waals surface area contributed by atoms with Crippen molar-refractivity contribution in [3.63, 3.8) is 0 Å². The fourth-order valence-electron chi connectivity index (χ4n) is 1.58. The summed E-state index contributed by atoms with van der Waals surface area (Å²) in [6.45, 7) is 2.65. The van der Waals surface area contributed by atoms with E-state index in [0.29, 0.717) is 14.0 Å². The number of carbonyl (C=O) groups is 2. The van der Waals surface area contributed by atoms with Gasteiger partial charge in [0.2, 0.25) is 0 Å². The minimum atomic E-state index is -0.315. The molecule has 6 heteroatoms. The monoisotopic (exact) mass is 282 g/mol. The summed E-state index contributed by atoms with van der Waals surface area (Å²) in [6.07, 6.45) is 0. The molecule has 0 spiro atoms. The molecular formula is C12H10O4S2. The van der Waals surface area contributed by atoms with Crippen LogP contribution in [0.3, 0.4) is 0 Å². The molecule has 4 nitrogen and oxygen atoms in total. The van der Waals surface area contributed by atoms with E-state index in [0.717, 1.165) is 23.5 Å². The molecule has 0 saturated heterocycles. The lowest BCUT2D eigenvalue weighted by Gasteiger charge is -2.01. The number of hydrogen-bond donors (Lipinski definition) is 2. The molecule has 0 aromatic heterocycles. The zero-order chi connectivity index (χ0) is 13.4. The molecule has 0 saturated carbocycles. The molecule has 0 fully saturated rings. The number of carbonyl (C=O) groups excluding carboxylic acids is 2. The minimum Gasteiger partial charge on any atom is -0.507 e. The van der Waals surface area contributed by atoms with Gasteiger partial charge in [-0.3, -0.25) is 9.59 Å². The number of phenols is 2. The summed E-state index contributed by atoms with van der Waals surface area (Å²) >= 11 is 2.27. The predicted molar refractivity (Wildman–Crippen MR) is 69.9 cm³/mol. The Morgan fingerprint density at radius 3 is 1.67 bits per heavy atom. The summed E-state index contributed by atoms with van der Waals surface area (Å²) in [5, 5.41) is 19.4. The van der Waals surface area contributed by atoms with Crippen LogP contribution in [0.15, 0.2) is 31.7 Å². The van der Waals surface area contributed by atoms with E-state index in [1.54, 1.807) is 0 Å². The summed E-state index contributed by atoms with van der Waals surface area (Å²) < 4.78 is 0.502. The van der Waals surface area contributed by atoms with Crippen molar-refractivity contribution in [1.29, 1.82) is 0 Å². The quantitative estimate of drug-likeness (QED) is 0.376. The molecule has 1 aromatic rings. The van der Waals surface area contributed by atoms with Crippen LogP contribution in [0.2, 0.25) is 0 Å². The molecule has 94 valence electrons. The fraction of sp³-hybridized carbons (Fsp3) is 0.167. The summed E-state index contributed by atoms with van der Waals surface area (Å²) in [4.78, 5) is 23.9. The molecular weight excluding hydrogens is 272 g/mol. The van der Waals surface area contributed by atoms with Crippen LogP contribution in [0.25, 0.3) is 0 Å². The van der Waals surface area contributed by atoms with Crippen molar-refractivity contribution >= 4 is 35.1 Å². The molecule has 1 heterocycles. The Hall–Kier alpha value is -1.40. The number of rotatable bonds is 2. The van der Waals surface area contributed by atoms with E-state index in [1.165, 1.54) is 26.0 Å². The van der Waals surface area contributed by atoms with Crippen molar-refractivity contribution < 1.29 is 19.8 Å². The maximum absolute atomic E-state index is 11.5. The van der Waals surface area contributed by atoms with Crippen molar-refractivity contribution in [2.75, 3.05) is 0 Å². The highest BCUT2D eigenvalue weighted by molar-refractivity contribution is 8.25. The molecule has 0 radical (unpaired) electrons. The van der Waals surface area contributed by atoms with Crippen LogP contribution in [-0.4, -0.2) is 21.8 Å². The predicted octanol–water partition coefficient (Wildman–Crippen LogP) is 2.69. The van der Waals surface area contributed by atoms with E-state index in [1.807, 2.05) is 0 Å². The van der Waals surface area contributed by atoms with Crippen molar-refractivity contribution in [2.24, 2.45) is 0 Å². The second-order valence-corrected chi connectivity index (χ2v) is 6.04. The largest absolute Gasteiger partial charge is 0.507 e. The minimum absolute atomic E-state index is 0.0294. The average Bonchev–Trinajstić information content (AvgIpc) is 2.68. The number of thioether (sulfide) groups is 2. The van der Waals surface area contributed by atoms with Gasteiger partial charge in [0, 0.05) is 0 Å². The second-order valence-electron chi connectivity index (χ2n) is 3.74. The van der Waals surface area contributed by atoms with Gasteiger partial charge in [-0.1, -0.05) is 23.5 Å². The maximum atomic E-state index is 11.5. The molecule has 2 N–H and O–H groups in total. The first-order chi connectivity index (χ1) is 8.41. The van der Waals surface area contributed by atoms with Gasteiger partial charge in [0.25, 0.3) is 0 Å². The first kappa shape index (κ1) is 13.0. The number of fused-ring (bicyclic) bond motifs is 1. The Morgan fingerprint density at radius 1 is 0.944 bits per heavy atom. The summed E-state index contributed by atoms with van der Waals surface area (Å²) in [5.74, 6) is -0.572. The van der Waals surface area contributed by atoms with Crippen LogP contribution in [0.5, 0.6) is 11.5 Å². The van der Waals surface area contributed by atoms with Gasteiger partial charge >= 0.3 is 0 Å². The fourth-order valence-corrected chi connectivity index (χ4v) is 4.39. The van der Waals surface area contributed by atoms with Crippen molar-refractivity contribution in [2.45, 2.75) is 23.6 Å². The molecule has 0 atom stereocenters. The third kappa shape index (κ3) is 2.13. The highest BCUT2D eigenvalue weighted by Gasteiger charge is 2.29. The Balaban J connectivity index is 2.55. The number of phenolic OH excluding ortho intramolecular Hbond substituents is 2. The Bertz CT molecular complexity index is 541. The van der Waals surface area contributed by atoms with E-state index < -0.39 is 0 Å². The topological polar surface area (TPSA) is 74.6 Å². The molecule has 0 unspecified atom stereocenters. The molecule has 18 heavy (non-hydrogen) atoms. The van der Waals surface area contributed by atoms with Gasteiger partial charge in [-0.2, -0.15) is 0 Å². The number of benzene rings is 1. The highest BCUT2D eigenvalue weighted by Crippen LogP contribution is 2.58. The number of allylic oxidation sites excluding steroid dienone is 1. The van der Waals surface area contributed by atoms with Crippen LogP contribution >= 0.6 is 23.5 Å². The van der Waals surface area contributed by atoms with E-state index in [-0.39, 0.29) is 28.6 Å². The molecule has 0 aliphatic carbocycles. The third-order valence-electron chi connectivity index (χ3n) is 2.37. The van der Waals surface area contributed by atoms with Gasteiger partial charge in [0.1, 0.15) is 11.5 Å². The van der Waals surface area contributed by atoms with E-state index in [2.05, 4.69) is 0 Å². The van der Waals surface area contributed by atoms with Crippen LogP contribution in [-0.2, 0) is 9.59 Å². The van der Waals surface area contributed by atoms with E-state index in [4.69, 9.17) is 0 Å². The zero-order valence-corrected chi connectivity index (χ0v) is 11.3. The van der Waals surface area contributed by atoms with Crippen LogP contribution < -0.4 is 0 Å². The van der Waals surface area contributed by atoms with Gasteiger partial charge in [-0.15, -0.1) is 0 Å². The Morgan fingerprint density at radius 2 is 1.33 bits per heavy atom. The van der Waals surface area contributed by atoms with Gasteiger partial charge in [0.05, 0.1) is 19.6 Å². The molecule has 1 aromatic carbocycles. The van der Waals surface area contributed by atoms with Crippen LogP contribution in [0.1, 0.15) is 13.8 Å². The van der Waals surface area contributed by atoms with Crippen LogP contribution in [0, 0.1) is 0 Å². The number of Topliss-reactive ketones (excluding diaryl/α,β-unsaturated/α-hetero) is 2. The SMILES string of the molecule is CC(=O)C(C(C)=O)=C1Sc2c(O)ccc(O)c2S1. The van der Waals surface area contributed by atoms with Crippen LogP contribution in [0.4, 0.5) is 0 Å². The molecule has 1 aliphatic heterocycles. The van der Waals surface area contributed by atoms with Crippen molar-refractivity contribution in [1.82, 2.24) is 0 Å². The van der Waals surface area contributed by atoms with Gasteiger partial charge in [-0.05, 0) is 26.0 Å². The first-order valence-corrected chi connectivity index (χ1v) is 6.72. The number of hydrogen-bond acceptors (Lipinski definition) is 6. The lowest BCUT2D eigenvalue weighted by atomic mass is 10.1. The van der Waals surface area contributed by atoms with E-state index in [9.17, 15) is 19.8 Å². The van der Waals surface area contributed by atoms with Gasteiger partial charge < -0.3 is 10.2 Å². The summed E-state index contributed by atoms with van der Waals surface area (Å²) in [5.41, 5.74) is 0.111.